The van der Waals surface area contributed by atoms with E-state index < -0.39 is 204 Å². The minimum Gasteiger partial charge on any atom is -0.508 e. The van der Waals surface area contributed by atoms with Crippen LogP contribution in [0.15, 0.2) is 54.7 Å². The zero-order valence-corrected chi connectivity index (χ0v) is 73.8. The fourth-order valence-corrected chi connectivity index (χ4v) is 13.1. The second kappa shape index (κ2) is 58.3. The van der Waals surface area contributed by atoms with E-state index in [1.807, 2.05) is 13.8 Å². The molecule has 2 aromatic carbocycles. The number of guanidine groups is 5. The number of para-hydroxylation sites is 1. The lowest BCUT2D eigenvalue weighted by Gasteiger charge is -2.29. The summed E-state index contributed by atoms with van der Waals surface area (Å²) in [5.41, 5.74) is 46.6. The minimum absolute atomic E-state index is 0.0146. The Hall–Kier alpha value is -13.1. The molecule has 0 spiro atoms. The first-order valence-corrected chi connectivity index (χ1v) is 42.9. The van der Waals surface area contributed by atoms with Crippen LogP contribution in [0.5, 0.6) is 5.75 Å². The number of phenols is 1. The molecule has 3 aromatic rings. The molecule has 49 heteroatoms. The molecule has 712 valence electrons. The summed E-state index contributed by atoms with van der Waals surface area (Å²) in [6, 6.07) is -6.25. The number of rotatable bonds is 61. The lowest BCUT2D eigenvalue weighted by atomic mass is 9.96. The van der Waals surface area contributed by atoms with Crippen LogP contribution >= 0.6 is 12.6 Å². The Labute approximate surface area is 747 Å². The van der Waals surface area contributed by atoms with Crippen molar-refractivity contribution < 1.29 is 77.3 Å². The highest BCUT2D eigenvalue weighted by molar-refractivity contribution is 7.80. The lowest BCUT2D eigenvalue weighted by molar-refractivity contribution is -0.136. The number of aliphatic hydroxyl groups is 1. The summed E-state index contributed by atoms with van der Waals surface area (Å²) in [5, 5.41) is 106. The van der Waals surface area contributed by atoms with Gasteiger partial charge in [-0.05, 0) is 145 Å². The van der Waals surface area contributed by atoms with Crippen LogP contribution in [0.25, 0.3) is 10.9 Å². The smallest absolute Gasteiger partial charge is 0.245 e. The quantitative estimate of drug-likeness (QED) is 0.0108. The van der Waals surface area contributed by atoms with Crippen LogP contribution < -0.4 is 142 Å². The molecular weight excluding hydrogens is 1690 g/mol. The molecule has 48 nitrogen and oxygen atoms in total. The van der Waals surface area contributed by atoms with Crippen LogP contribution in [-0.4, -0.2) is 264 Å². The second-order valence-corrected chi connectivity index (χ2v) is 31.5. The normalized spacial score (nSPS) is 14.3. The van der Waals surface area contributed by atoms with Crippen LogP contribution in [0.2, 0.25) is 0 Å². The van der Waals surface area contributed by atoms with Gasteiger partial charge in [-0.1, -0.05) is 64.4 Å². The first-order chi connectivity index (χ1) is 60.6. The van der Waals surface area contributed by atoms with Crippen molar-refractivity contribution in [2.75, 3.05) is 58.2 Å². The molecule has 1 aromatic heterocycles. The van der Waals surface area contributed by atoms with E-state index >= 15 is 9.59 Å². The van der Waals surface area contributed by atoms with Gasteiger partial charge in [0.15, 0.2) is 29.8 Å². The highest BCUT2D eigenvalue weighted by atomic mass is 32.1. The van der Waals surface area contributed by atoms with Gasteiger partial charge in [0.1, 0.15) is 78.3 Å². The number of primary amides is 1. The molecule has 0 saturated carbocycles. The number of benzene rings is 2. The molecule has 0 fully saturated rings. The van der Waals surface area contributed by atoms with Crippen LogP contribution in [0.1, 0.15) is 142 Å². The average molecular weight is 1820 g/mol. The summed E-state index contributed by atoms with van der Waals surface area (Å²) >= 11 is 4.00. The van der Waals surface area contributed by atoms with Crippen molar-refractivity contribution in [3.63, 3.8) is 0 Å². The second-order valence-electron chi connectivity index (χ2n) is 31.1. The topological polar surface area (TPSA) is 839 Å². The zero-order valence-electron chi connectivity index (χ0n) is 72.9. The van der Waals surface area contributed by atoms with Crippen LogP contribution in [0.3, 0.4) is 0 Å². The number of phenolic OH excluding ortho intramolecular Hbond substituents is 1. The van der Waals surface area contributed by atoms with Crippen molar-refractivity contribution in [2.45, 2.75) is 222 Å². The van der Waals surface area contributed by atoms with Gasteiger partial charge < -0.3 is 157 Å². The number of nitrogens with one attached hydrogen (secondary N) is 24. The average Bonchev–Trinajstić information content (AvgIpc) is 1.68. The molecule has 0 radical (unpaired) electrons. The zero-order chi connectivity index (χ0) is 95.7. The summed E-state index contributed by atoms with van der Waals surface area (Å²) < 4.78 is 0. The number of carbonyl (C=O) groups excluding carboxylic acids is 14. The van der Waals surface area contributed by atoms with Gasteiger partial charge in [-0.15, -0.1) is 0 Å². The number of H-pyrrole nitrogens is 1. The van der Waals surface area contributed by atoms with Crippen molar-refractivity contribution in [3.05, 3.63) is 65.9 Å². The third-order valence-corrected chi connectivity index (χ3v) is 20.5. The highest BCUT2D eigenvalue weighted by Crippen LogP contribution is 2.21. The van der Waals surface area contributed by atoms with Crippen molar-refractivity contribution in [3.8, 4) is 5.75 Å². The molecule has 3 rings (SSSR count). The van der Waals surface area contributed by atoms with Gasteiger partial charge in [-0.3, -0.25) is 94.2 Å². The van der Waals surface area contributed by atoms with Crippen molar-refractivity contribution in [1.29, 1.82) is 27.0 Å². The van der Waals surface area contributed by atoms with Gasteiger partial charge in [-0.25, -0.2) is 0 Å². The Morgan fingerprint density at radius 3 is 1.19 bits per heavy atom. The minimum atomic E-state index is -1.58. The molecule has 0 unspecified atom stereocenters. The number of thiol groups is 1. The van der Waals surface area contributed by atoms with E-state index in [4.69, 9.17) is 72.9 Å². The third kappa shape index (κ3) is 41.8. The molecule has 128 heavy (non-hydrogen) atoms. The van der Waals surface area contributed by atoms with Gasteiger partial charge >= 0.3 is 0 Å². The largest absolute Gasteiger partial charge is 0.508 e. The maximum Gasteiger partial charge on any atom is 0.245 e. The number of carbonyl (C=O) groups is 14. The van der Waals surface area contributed by atoms with E-state index in [1.54, 1.807) is 44.3 Å². The fraction of sp³-hybridized carbons (Fsp3) is 0.582. The summed E-state index contributed by atoms with van der Waals surface area (Å²) in [7, 11) is 0. The lowest BCUT2D eigenvalue weighted by Crippen LogP contribution is -2.61. The third-order valence-electron chi connectivity index (χ3n) is 20.1. The van der Waals surface area contributed by atoms with E-state index in [-0.39, 0.29) is 159 Å². The maximum absolute atomic E-state index is 15.1. The van der Waals surface area contributed by atoms with Crippen molar-refractivity contribution in [1.82, 2.24) is 101 Å². The number of aromatic nitrogens is 1. The number of aromatic amines is 1. The van der Waals surface area contributed by atoms with Gasteiger partial charge in [0, 0.05) is 68.4 Å². The molecule has 42 N–H and O–H groups in total. The van der Waals surface area contributed by atoms with E-state index in [0.29, 0.717) is 34.9 Å². The van der Waals surface area contributed by atoms with E-state index in [0.717, 1.165) is 0 Å². The Kier molecular flexibility index (Phi) is 49.7. The van der Waals surface area contributed by atoms with Gasteiger partial charge in [0.2, 0.25) is 82.7 Å². The van der Waals surface area contributed by atoms with Crippen molar-refractivity contribution in [2.24, 2.45) is 57.7 Å². The number of amides is 14. The molecule has 0 aliphatic carbocycles. The Bertz CT molecular complexity index is 4220. The van der Waals surface area contributed by atoms with E-state index in [2.05, 4.69) is 113 Å². The number of aliphatic hydroxyl groups excluding tert-OH is 1. The molecule has 0 aliphatic rings. The summed E-state index contributed by atoms with van der Waals surface area (Å²) in [6.07, 6.45) is 1.58. The van der Waals surface area contributed by atoms with Gasteiger partial charge in [0.25, 0.3) is 0 Å². The molecule has 1 heterocycles. The molecular formula is C79H134N32O16S. The van der Waals surface area contributed by atoms with Crippen LogP contribution in [-0.2, 0) is 80.0 Å². The fourth-order valence-electron chi connectivity index (χ4n) is 12.9. The number of unbranched alkanes of at least 4 members (excludes halogenated alkanes) is 1. The number of hydrogen-bond donors (Lipinski definition) is 35. The van der Waals surface area contributed by atoms with E-state index in [9.17, 15) is 67.7 Å². The molecule has 0 aliphatic heterocycles. The first kappa shape index (κ1) is 109. The SMILES string of the molecule is CC[C@H](C)[C@H](NC(=O)[C@H](CO)NC(=O)[C@@H](N)CS)C(=O)N[C@@H](Cc1ccc(O)cc1)C(=O)N[C@@H](CCCNC(=N)N)C(=O)N[C@@H](CCCNC(=N)N)C(=O)NCC(=O)N[C@@H](C)C(=O)N[C@@H](CCCNC(=N)N)C(=O)N[C@@H](CCCNC(=N)N)C(=O)N[C@@H](Cc1c[nH]c2ccccc12)C(=O)N[C@@H](CCCNC(=N)N)C(=O)N[C@@H](CCCCN)C(=O)N[C@@H](CC(C)C)C(N)=O. The summed E-state index contributed by atoms with van der Waals surface area (Å²) in [6.45, 7) is 6.66. The van der Waals surface area contributed by atoms with Gasteiger partial charge in [-0.2, -0.15) is 12.6 Å². The van der Waals surface area contributed by atoms with E-state index in [1.165, 1.54) is 31.2 Å². The number of hydrogen-bond acceptors (Lipinski definition) is 24. The molecule has 14 amide bonds. The summed E-state index contributed by atoms with van der Waals surface area (Å²) in [5.74, 6) is -16.0. The summed E-state index contributed by atoms with van der Waals surface area (Å²) in [4.78, 5) is 202. The number of aromatic hydroxyl groups is 1. The monoisotopic (exact) mass is 1820 g/mol. The number of fused-ring (bicyclic) bond motifs is 1. The standard InChI is InChI=1S/C79H134N32O16S/c1-6-42(4)61(111-73(126)59(39-112)110-64(117)48(81)40-128)74(127)109-57(35-44-24-26-46(113)27-25-44)71(124)105-53(21-13-31-95-77(87)88)67(120)102-50(19-11-29-93-75(83)84)65(118)99-38-60(114)100-43(5)63(116)101-52(20-12-30-94-76(85)86)66(119)104-55(23-15-33-97-79(91)92)70(123)108-58(36-45-37-98-49-17-8-7-16-47(45)49)72(125)106-54(22-14-32-96-78(89)90)68(121)103-51(18-9-10-28-80)69(122)107-56(62(82)115)34-41(2)3/h7-8,16-17,24-27,37,41-43,48,50-59,61,98,112-113,128H,6,9-15,18-23,28-36,38-40,80-81H2,1-5H3,(H2,82,115)(H,99,118)(H,100,114)(H,101,116)(H,102,120)(H,103,121)(H,104,119)(H,105,124)(H,106,125)(H,107,122)(H,108,123)(H,109,127)(H,110,117)(H,111,126)(H4,83,84,93)(H4,85,86,94)(H4,87,88,95)(H4,89,90,96)(H4,91,92,97)/t42-,43-,48-,50-,51-,52-,53-,54-,55-,56-,57-,58-,59-,61-/m0/s1. The molecule has 0 bridgehead atoms. The van der Waals surface area contributed by atoms with Crippen LogP contribution in [0.4, 0.5) is 0 Å². The Morgan fingerprint density at radius 1 is 0.422 bits per heavy atom. The Morgan fingerprint density at radius 2 is 0.789 bits per heavy atom. The maximum atomic E-state index is 15.1. The first-order valence-electron chi connectivity index (χ1n) is 42.2. The van der Waals surface area contributed by atoms with Gasteiger partial charge in [0.05, 0.1) is 19.2 Å². The predicted octanol–water partition coefficient (Wildman–Crippen LogP) is -8.12. The van der Waals surface area contributed by atoms with Crippen molar-refractivity contribution >= 4 is 136 Å². The molecule has 0 saturated heterocycles. The van der Waals surface area contributed by atoms with Crippen LogP contribution in [0, 0.1) is 38.9 Å². The Balaban J connectivity index is 2.04. The number of nitrogens with two attached hydrogens (primary N) is 8. The highest BCUT2D eigenvalue weighted by Gasteiger charge is 2.38. The predicted molar refractivity (Wildman–Crippen MR) is 481 cm³/mol. The molecule has 14 atom stereocenters.